The van der Waals surface area contributed by atoms with E-state index in [1.165, 1.54) is 11.6 Å². The molecule has 0 saturated heterocycles. The number of nitrogen functional groups attached to an aromatic ring is 1. The van der Waals surface area contributed by atoms with Crippen LogP contribution in [-0.4, -0.2) is 28.7 Å². The lowest BCUT2D eigenvalue weighted by molar-refractivity contribution is 0.377. The molecule has 0 atom stereocenters. The highest BCUT2D eigenvalue weighted by Gasteiger charge is 2.27. The number of halogens is 1. The van der Waals surface area contributed by atoms with Crippen LogP contribution >= 0.6 is 0 Å². The van der Waals surface area contributed by atoms with Gasteiger partial charge in [-0.3, -0.25) is 0 Å². The van der Waals surface area contributed by atoms with E-state index >= 15 is 0 Å². The first-order chi connectivity index (χ1) is 16.0. The summed E-state index contributed by atoms with van der Waals surface area (Å²) < 4.78 is 14.2. The van der Waals surface area contributed by atoms with Gasteiger partial charge in [0.1, 0.15) is 5.82 Å². The zero-order chi connectivity index (χ0) is 23.2. The number of rotatable bonds is 8. The molecule has 7 nitrogen and oxygen atoms in total. The van der Waals surface area contributed by atoms with Crippen molar-refractivity contribution in [2.24, 2.45) is 5.73 Å². The molecule has 8 heteroatoms. The number of hydrogen-bond donors (Lipinski definition) is 4. The highest BCUT2D eigenvalue weighted by Crippen LogP contribution is 2.30. The molecule has 0 amide bonds. The van der Waals surface area contributed by atoms with E-state index in [9.17, 15) is 4.39 Å². The lowest BCUT2D eigenvalue weighted by Gasteiger charge is -2.37. The summed E-state index contributed by atoms with van der Waals surface area (Å²) in [5.74, 6) is 0.797. The zero-order valence-corrected chi connectivity index (χ0v) is 19.0. The highest BCUT2D eigenvalue weighted by molar-refractivity contribution is 5.66. The van der Waals surface area contributed by atoms with Crippen LogP contribution in [0.4, 0.5) is 33.2 Å². The van der Waals surface area contributed by atoms with Crippen molar-refractivity contribution in [3.05, 3.63) is 66.1 Å². The van der Waals surface area contributed by atoms with Crippen molar-refractivity contribution in [1.29, 1.82) is 0 Å². The lowest BCUT2D eigenvalue weighted by Crippen LogP contribution is -2.44. The van der Waals surface area contributed by atoms with E-state index < -0.39 is 0 Å². The number of aryl methyl sites for hydroxylation is 1. The zero-order valence-electron chi connectivity index (χ0n) is 19.0. The first-order valence-electron chi connectivity index (χ1n) is 11.5. The number of para-hydroxylation sites is 1. The van der Waals surface area contributed by atoms with Crippen LogP contribution < -0.4 is 27.0 Å². The second-order valence-electron chi connectivity index (χ2n) is 8.50. The van der Waals surface area contributed by atoms with Gasteiger partial charge in [0.15, 0.2) is 5.82 Å². The van der Waals surface area contributed by atoms with Crippen LogP contribution in [-0.2, 0) is 6.42 Å². The normalized spacial score (nSPS) is 18.0. The molecule has 0 unspecified atom stereocenters. The van der Waals surface area contributed by atoms with Crippen molar-refractivity contribution >= 4 is 28.8 Å². The highest BCUT2D eigenvalue weighted by atomic mass is 19.1. The van der Waals surface area contributed by atoms with E-state index in [0.717, 1.165) is 37.8 Å². The largest absolute Gasteiger partial charge is 0.394 e. The van der Waals surface area contributed by atoms with Gasteiger partial charge in [-0.1, -0.05) is 31.2 Å². The van der Waals surface area contributed by atoms with E-state index in [1.807, 2.05) is 12.1 Å². The van der Waals surface area contributed by atoms with Crippen molar-refractivity contribution in [2.45, 2.75) is 51.1 Å². The number of anilines is 5. The molecule has 1 saturated carbocycles. The first kappa shape index (κ1) is 22.8. The monoisotopic (exact) mass is 449 g/mol. The van der Waals surface area contributed by atoms with Crippen molar-refractivity contribution in [3.63, 3.8) is 0 Å². The summed E-state index contributed by atoms with van der Waals surface area (Å²) in [6.07, 6.45) is 6.31. The van der Waals surface area contributed by atoms with Gasteiger partial charge in [-0.15, -0.1) is 0 Å². The number of benzene rings is 2. The Balaban J connectivity index is 1.59. The van der Waals surface area contributed by atoms with Gasteiger partial charge in [0.2, 0.25) is 5.95 Å². The summed E-state index contributed by atoms with van der Waals surface area (Å²) in [7, 11) is 0. The second kappa shape index (κ2) is 10.5. The summed E-state index contributed by atoms with van der Waals surface area (Å²) in [6, 6.07) is 15.2. The fourth-order valence-electron chi connectivity index (χ4n) is 4.19. The average molecular weight is 450 g/mol. The number of aromatic nitrogens is 2. The van der Waals surface area contributed by atoms with E-state index in [4.69, 9.17) is 16.5 Å². The number of hydrogen-bond acceptors (Lipinski definition) is 7. The summed E-state index contributed by atoms with van der Waals surface area (Å²) in [5, 5.41) is 6.48. The molecule has 3 aromatic rings. The molecule has 1 aliphatic carbocycles. The van der Waals surface area contributed by atoms with E-state index in [1.54, 1.807) is 24.4 Å². The van der Waals surface area contributed by atoms with Crippen molar-refractivity contribution in [1.82, 2.24) is 9.97 Å². The minimum atomic E-state index is -0.295. The molecule has 0 spiro atoms. The van der Waals surface area contributed by atoms with Crippen molar-refractivity contribution in [3.8, 4) is 0 Å². The Morgan fingerprint density at radius 2 is 1.79 bits per heavy atom. The van der Waals surface area contributed by atoms with Crippen LogP contribution in [0.2, 0.25) is 0 Å². The van der Waals surface area contributed by atoms with E-state index in [-0.39, 0.29) is 17.9 Å². The number of nitrogens with zero attached hydrogens (tertiary/aromatic N) is 3. The van der Waals surface area contributed by atoms with Gasteiger partial charge < -0.3 is 27.0 Å². The molecule has 4 rings (SSSR count). The van der Waals surface area contributed by atoms with Crippen molar-refractivity contribution < 1.29 is 4.39 Å². The smallest absolute Gasteiger partial charge is 0.229 e. The molecule has 0 radical (unpaired) electrons. The van der Waals surface area contributed by atoms with E-state index in [2.05, 4.69) is 39.6 Å². The molecule has 33 heavy (non-hydrogen) atoms. The van der Waals surface area contributed by atoms with Gasteiger partial charge in [0.25, 0.3) is 0 Å². The molecule has 1 heterocycles. The summed E-state index contributed by atoms with van der Waals surface area (Å²) in [4.78, 5) is 11.2. The molecule has 0 aliphatic heterocycles. The van der Waals surface area contributed by atoms with Crippen LogP contribution in [0.15, 0.2) is 54.7 Å². The molecule has 1 fully saturated rings. The number of nitrogens with two attached hydrogens (primary N) is 2. The Bertz CT molecular complexity index is 1050. The first-order valence-corrected chi connectivity index (χ1v) is 11.5. The fraction of sp³-hybridized carbons (Fsp3) is 0.360. The van der Waals surface area contributed by atoms with Crippen molar-refractivity contribution in [2.75, 3.05) is 27.9 Å². The Kier molecular flexibility index (Phi) is 7.24. The molecular formula is C25H32FN7. The number of nitrogens with one attached hydrogen (secondary N) is 2. The molecule has 1 aromatic heterocycles. The molecule has 2 aromatic carbocycles. The Hall–Kier alpha value is -3.39. The van der Waals surface area contributed by atoms with Crippen LogP contribution in [0.25, 0.3) is 0 Å². The predicted molar refractivity (Wildman–Crippen MR) is 133 cm³/mol. The molecule has 1 aliphatic rings. The maximum Gasteiger partial charge on any atom is 0.229 e. The lowest BCUT2D eigenvalue weighted by atomic mass is 9.91. The average Bonchev–Trinajstić information content (AvgIpc) is 2.83. The topological polar surface area (TPSA) is 105 Å². The van der Waals surface area contributed by atoms with Gasteiger partial charge in [-0.25, -0.2) is 9.37 Å². The van der Waals surface area contributed by atoms with Gasteiger partial charge in [0.05, 0.1) is 24.2 Å². The summed E-state index contributed by atoms with van der Waals surface area (Å²) in [6.45, 7) is 2.49. The molecule has 174 valence electrons. The van der Waals surface area contributed by atoms with E-state index in [0.29, 0.717) is 29.8 Å². The van der Waals surface area contributed by atoms with Gasteiger partial charge in [0, 0.05) is 17.8 Å². The third-order valence-electron chi connectivity index (χ3n) is 6.18. The summed E-state index contributed by atoms with van der Waals surface area (Å²) in [5.41, 5.74) is 15.6. The standard InChI is InChI=1S/C25H32FN7/c1-2-17-7-11-19(12-8-17)31-25-29-15-22(28)24(32-25)33(20-13-9-18(27)10-14-20)16-30-23-6-4-3-5-21(23)26/h3-8,11-12,15,18,20,30H,2,9-10,13-14,16,27-28H2,1H3,(H,29,31,32). The van der Waals surface area contributed by atoms with Crippen LogP contribution in [0.3, 0.4) is 0 Å². The van der Waals surface area contributed by atoms with Gasteiger partial charge >= 0.3 is 0 Å². The van der Waals surface area contributed by atoms with Crippen LogP contribution in [0.1, 0.15) is 38.2 Å². The molecule has 6 N–H and O–H groups in total. The van der Waals surface area contributed by atoms with Gasteiger partial charge in [-0.2, -0.15) is 4.98 Å². The fourth-order valence-corrected chi connectivity index (χ4v) is 4.19. The minimum Gasteiger partial charge on any atom is -0.394 e. The van der Waals surface area contributed by atoms with Gasteiger partial charge in [-0.05, 0) is 61.9 Å². The Morgan fingerprint density at radius 3 is 2.48 bits per heavy atom. The third-order valence-corrected chi connectivity index (χ3v) is 6.18. The molecular weight excluding hydrogens is 417 g/mol. The predicted octanol–water partition coefficient (Wildman–Crippen LogP) is 4.65. The Labute approximate surface area is 194 Å². The molecule has 0 bridgehead atoms. The SMILES string of the molecule is CCc1ccc(Nc2ncc(N)c(N(CNc3ccccc3F)C3CCC(N)CC3)n2)cc1. The second-order valence-corrected chi connectivity index (χ2v) is 8.50. The van der Waals surface area contributed by atoms with Crippen LogP contribution in [0, 0.1) is 5.82 Å². The minimum absolute atomic E-state index is 0.193. The van der Waals surface area contributed by atoms with Crippen LogP contribution in [0.5, 0.6) is 0 Å². The third kappa shape index (κ3) is 5.70. The quantitative estimate of drug-likeness (QED) is 0.371. The maximum atomic E-state index is 14.2. The summed E-state index contributed by atoms with van der Waals surface area (Å²) >= 11 is 0. The Morgan fingerprint density at radius 1 is 1.06 bits per heavy atom. The maximum absolute atomic E-state index is 14.2.